The number of nitrogens with zero attached hydrogens (tertiary/aromatic N) is 3. The first-order chi connectivity index (χ1) is 8.69. The largest absolute Gasteiger partial charge is 0.356 e. The lowest BCUT2D eigenvalue weighted by molar-refractivity contribution is 0.767. The molecule has 0 spiro atoms. The summed E-state index contributed by atoms with van der Waals surface area (Å²) >= 11 is 0. The average Bonchev–Trinajstić information content (AvgIpc) is 2.67. The molecule has 4 heteroatoms. The van der Waals surface area contributed by atoms with Crippen LogP contribution in [-0.2, 0) is 6.54 Å². The Balaban J connectivity index is 2.17. The number of pyridine rings is 1. The molecule has 0 aromatic carbocycles. The van der Waals surface area contributed by atoms with E-state index in [2.05, 4.69) is 33.0 Å². The second-order valence-electron chi connectivity index (χ2n) is 4.53. The third-order valence-corrected chi connectivity index (χ3v) is 2.71. The minimum atomic E-state index is 0.758. The summed E-state index contributed by atoms with van der Waals surface area (Å²) in [7, 11) is 0. The molecule has 0 aliphatic heterocycles. The van der Waals surface area contributed by atoms with E-state index in [1.165, 1.54) is 0 Å². The third kappa shape index (κ3) is 3.09. The quantitative estimate of drug-likeness (QED) is 0.879. The second-order valence-corrected chi connectivity index (χ2v) is 4.53. The molecule has 2 heterocycles. The molecule has 18 heavy (non-hydrogen) atoms. The number of aromatic nitrogens is 3. The van der Waals surface area contributed by atoms with E-state index in [0.717, 1.165) is 42.5 Å². The van der Waals surface area contributed by atoms with Gasteiger partial charge in [0.05, 0.1) is 17.9 Å². The Kier molecular flexibility index (Phi) is 3.97. The Morgan fingerprint density at radius 1 is 1.17 bits per heavy atom. The maximum Gasteiger partial charge on any atom is 0.203 e. The molecule has 0 aliphatic rings. The number of nitrogens with one attached hydrogen (secondary N) is 1. The SMILES string of the molecule is CCCNc1nc(C)cn1Cc1cccc(C)n1. The molecule has 0 atom stereocenters. The molecule has 0 radical (unpaired) electrons. The van der Waals surface area contributed by atoms with Crippen LogP contribution in [0.15, 0.2) is 24.4 Å². The van der Waals surface area contributed by atoms with Crippen LogP contribution in [0.5, 0.6) is 0 Å². The van der Waals surface area contributed by atoms with Gasteiger partial charge in [-0.3, -0.25) is 4.98 Å². The highest BCUT2D eigenvalue weighted by atomic mass is 15.2. The van der Waals surface area contributed by atoms with Gasteiger partial charge in [-0.1, -0.05) is 13.0 Å². The molecule has 2 rings (SSSR count). The minimum Gasteiger partial charge on any atom is -0.356 e. The third-order valence-electron chi connectivity index (χ3n) is 2.71. The van der Waals surface area contributed by atoms with Crippen molar-refractivity contribution in [2.24, 2.45) is 0 Å². The van der Waals surface area contributed by atoms with Crippen molar-refractivity contribution in [3.8, 4) is 0 Å². The predicted octanol–water partition coefficient (Wildman–Crippen LogP) is 2.77. The Morgan fingerprint density at radius 2 is 2.00 bits per heavy atom. The van der Waals surface area contributed by atoms with Gasteiger partial charge in [-0.25, -0.2) is 4.98 Å². The van der Waals surface area contributed by atoms with E-state index < -0.39 is 0 Å². The van der Waals surface area contributed by atoms with Crippen molar-refractivity contribution < 1.29 is 0 Å². The summed E-state index contributed by atoms with van der Waals surface area (Å²) in [6.07, 6.45) is 3.15. The fourth-order valence-corrected chi connectivity index (χ4v) is 1.91. The molecule has 2 aromatic rings. The smallest absolute Gasteiger partial charge is 0.203 e. The summed E-state index contributed by atoms with van der Waals surface area (Å²) in [5, 5.41) is 3.34. The second kappa shape index (κ2) is 5.67. The summed E-state index contributed by atoms with van der Waals surface area (Å²) in [4.78, 5) is 9.01. The van der Waals surface area contributed by atoms with Crippen molar-refractivity contribution in [2.75, 3.05) is 11.9 Å². The van der Waals surface area contributed by atoms with Gasteiger partial charge < -0.3 is 9.88 Å². The summed E-state index contributed by atoms with van der Waals surface area (Å²) in [5.74, 6) is 0.928. The van der Waals surface area contributed by atoms with Gasteiger partial charge in [-0.15, -0.1) is 0 Å². The standard InChI is InChI=1S/C14H20N4/c1-4-8-15-14-17-12(3)9-18(14)10-13-7-5-6-11(2)16-13/h5-7,9H,4,8,10H2,1-3H3,(H,15,17). The van der Waals surface area contributed by atoms with Gasteiger partial charge in [-0.2, -0.15) is 0 Å². The zero-order valence-corrected chi connectivity index (χ0v) is 11.3. The van der Waals surface area contributed by atoms with Crippen LogP contribution in [0.3, 0.4) is 0 Å². The zero-order chi connectivity index (χ0) is 13.0. The molecule has 0 saturated carbocycles. The van der Waals surface area contributed by atoms with E-state index in [9.17, 15) is 0 Å². The number of aryl methyl sites for hydroxylation is 2. The number of hydrogen-bond acceptors (Lipinski definition) is 3. The lowest BCUT2D eigenvalue weighted by Gasteiger charge is -2.08. The molecule has 0 aliphatic carbocycles. The van der Waals surface area contributed by atoms with Crippen molar-refractivity contribution in [1.29, 1.82) is 0 Å². The molecule has 2 aromatic heterocycles. The van der Waals surface area contributed by atoms with E-state index in [0.29, 0.717) is 0 Å². The molecular weight excluding hydrogens is 224 g/mol. The maximum atomic E-state index is 4.52. The van der Waals surface area contributed by atoms with Gasteiger partial charge in [0.2, 0.25) is 5.95 Å². The zero-order valence-electron chi connectivity index (χ0n) is 11.3. The summed E-state index contributed by atoms with van der Waals surface area (Å²) < 4.78 is 2.12. The van der Waals surface area contributed by atoms with Gasteiger partial charge in [-0.05, 0) is 32.4 Å². The Labute approximate surface area is 108 Å². The maximum absolute atomic E-state index is 4.52. The van der Waals surface area contributed by atoms with E-state index in [1.54, 1.807) is 0 Å². The van der Waals surface area contributed by atoms with Crippen LogP contribution < -0.4 is 5.32 Å². The number of rotatable bonds is 5. The summed E-state index contributed by atoms with van der Waals surface area (Å²) in [6, 6.07) is 6.10. The average molecular weight is 244 g/mol. The highest BCUT2D eigenvalue weighted by molar-refractivity contribution is 5.29. The molecule has 0 saturated heterocycles. The van der Waals surface area contributed by atoms with Crippen LogP contribution in [0.25, 0.3) is 0 Å². The van der Waals surface area contributed by atoms with Crippen LogP contribution in [0.2, 0.25) is 0 Å². The molecule has 0 bridgehead atoms. The molecule has 0 fully saturated rings. The van der Waals surface area contributed by atoms with E-state index in [4.69, 9.17) is 0 Å². The fourth-order valence-electron chi connectivity index (χ4n) is 1.91. The van der Waals surface area contributed by atoms with Gasteiger partial charge in [0.1, 0.15) is 0 Å². The lowest BCUT2D eigenvalue weighted by atomic mass is 10.3. The number of imidazole rings is 1. The minimum absolute atomic E-state index is 0.758. The first-order valence-electron chi connectivity index (χ1n) is 6.39. The van der Waals surface area contributed by atoms with Gasteiger partial charge in [0.25, 0.3) is 0 Å². The fraction of sp³-hybridized carbons (Fsp3) is 0.429. The molecule has 4 nitrogen and oxygen atoms in total. The Hall–Kier alpha value is -1.84. The van der Waals surface area contributed by atoms with Crippen molar-refractivity contribution >= 4 is 5.95 Å². The van der Waals surface area contributed by atoms with Crippen LogP contribution in [0.1, 0.15) is 30.4 Å². The van der Waals surface area contributed by atoms with Crippen molar-refractivity contribution in [1.82, 2.24) is 14.5 Å². The van der Waals surface area contributed by atoms with E-state index in [-0.39, 0.29) is 0 Å². The van der Waals surface area contributed by atoms with Crippen LogP contribution in [-0.4, -0.2) is 21.1 Å². The molecule has 0 amide bonds. The van der Waals surface area contributed by atoms with Crippen LogP contribution in [0, 0.1) is 13.8 Å². The van der Waals surface area contributed by atoms with Gasteiger partial charge >= 0.3 is 0 Å². The Bertz CT molecular complexity index is 516. The van der Waals surface area contributed by atoms with Crippen molar-refractivity contribution in [3.63, 3.8) is 0 Å². The normalized spacial score (nSPS) is 10.6. The van der Waals surface area contributed by atoms with Crippen molar-refractivity contribution in [2.45, 2.75) is 33.7 Å². The van der Waals surface area contributed by atoms with E-state index in [1.807, 2.05) is 32.0 Å². The highest BCUT2D eigenvalue weighted by Crippen LogP contribution is 2.11. The lowest BCUT2D eigenvalue weighted by Crippen LogP contribution is -2.09. The number of hydrogen-bond donors (Lipinski definition) is 1. The van der Waals surface area contributed by atoms with Crippen LogP contribution >= 0.6 is 0 Å². The monoisotopic (exact) mass is 244 g/mol. The van der Waals surface area contributed by atoms with E-state index >= 15 is 0 Å². The first-order valence-corrected chi connectivity index (χ1v) is 6.39. The first kappa shape index (κ1) is 12.6. The number of anilines is 1. The van der Waals surface area contributed by atoms with Crippen LogP contribution in [0.4, 0.5) is 5.95 Å². The Morgan fingerprint density at radius 3 is 2.72 bits per heavy atom. The topological polar surface area (TPSA) is 42.7 Å². The van der Waals surface area contributed by atoms with Crippen molar-refractivity contribution in [3.05, 3.63) is 41.5 Å². The summed E-state index contributed by atoms with van der Waals surface area (Å²) in [5.41, 5.74) is 3.14. The summed E-state index contributed by atoms with van der Waals surface area (Å²) in [6.45, 7) is 7.87. The highest BCUT2D eigenvalue weighted by Gasteiger charge is 2.06. The van der Waals surface area contributed by atoms with Gasteiger partial charge in [0.15, 0.2) is 0 Å². The predicted molar refractivity (Wildman–Crippen MR) is 73.8 cm³/mol. The van der Waals surface area contributed by atoms with Gasteiger partial charge in [0, 0.05) is 18.4 Å². The molecule has 96 valence electrons. The molecular formula is C14H20N4. The molecule has 1 N–H and O–H groups in total. The molecule has 0 unspecified atom stereocenters.